The highest BCUT2D eigenvalue weighted by Gasteiger charge is 2.42. The Balaban J connectivity index is 1.10. The molecule has 1 N–H and O–H groups in total. The lowest BCUT2D eigenvalue weighted by Crippen LogP contribution is -2.29. The number of nitrogens with one attached hydrogen (secondary N) is 1. The van der Waals surface area contributed by atoms with Crippen LogP contribution in [0.1, 0.15) is 31.8 Å². The quantitative estimate of drug-likeness (QED) is 0.0828. The molecule has 0 unspecified atom stereocenters. The average molecular weight is 837 g/mol. The van der Waals surface area contributed by atoms with Gasteiger partial charge in [0.2, 0.25) is 5.91 Å². The zero-order valence-electron chi connectivity index (χ0n) is 20.7. The summed E-state index contributed by atoms with van der Waals surface area (Å²) in [5.41, 5.74) is 5.27. The lowest BCUT2D eigenvalue weighted by Gasteiger charge is -2.13. The first-order valence-corrected chi connectivity index (χ1v) is 17.3. The minimum absolute atomic E-state index is 0.104. The van der Waals surface area contributed by atoms with Crippen LogP contribution in [0.25, 0.3) is 21.0 Å². The highest BCUT2D eigenvalue weighted by molar-refractivity contribution is 9.15. The first-order valence-electron chi connectivity index (χ1n) is 12.3. The predicted octanol–water partition coefficient (Wildman–Crippen LogP) is 9.13. The van der Waals surface area contributed by atoms with E-state index in [1.165, 1.54) is 44.5 Å². The van der Waals surface area contributed by atoms with Gasteiger partial charge in [0.25, 0.3) is 11.8 Å². The van der Waals surface area contributed by atoms with Gasteiger partial charge < -0.3 is 5.32 Å². The lowest BCUT2D eigenvalue weighted by molar-refractivity contribution is -0.113. The van der Waals surface area contributed by atoms with Crippen LogP contribution in [0.5, 0.6) is 0 Å². The van der Waals surface area contributed by atoms with Crippen molar-refractivity contribution in [1.29, 1.82) is 0 Å². The first kappa shape index (κ1) is 27.7. The summed E-state index contributed by atoms with van der Waals surface area (Å²) in [5.74, 6) is -0.721. The molecule has 0 atom stereocenters. The third-order valence-corrected chi connectivity index (χ3v) is 14.1. The Bertz CT molecular complexity index is 1950. The first-order chi connectivity index (χ1) is 19.7. The van der Waals surface area contributed by atoms with Crippen LogP contribution in [0.4, 0.5) is 11.4 Å². The van der Waals surface area contributed by atoms with Crippen molar-refractivity contribution in [2.24, 2.45) is 0 Å². The number of nitrogens with zero attached hydrogens (tertiary/aromatic N) is 2. The second-order valence-corrected chi connectivity index (χ2v) is 15.0. The number of thiazole rings is 1. The van der Waals surface area contributed by atoms with Crippen LogP contribution in [-0.4, -0.2) is 28.5 Å². The molecule has 2 heterocycles. The molecule has 1 aromatic heterocycles. The molecular weight excluding hydrogens is 822 g/mol. The highest BCUT2D eigenvalue weighted by atomic mass is 79.9. The molecule has 7 rings (SSSR count). The molecule has 2 aliphatic rings. The van der Waals surface area contributed by atoms with Gasteiger partial charge in [-0.1, -0.05) is 36.0 Å². The second kappa shape index (κ2) is 10.6. The van der Waals surface area contributed by atoms with Crippen molar-refractivity contribution >= 4 is 137 Å². The van der Waals surface area contributed by atoms with Crippen LogP contribution in [0.15, 0.2) is 70.8 Å². The van der Waals surface area contributed by atoms with E-state index in [9.17, 15) is 14.4 Å². The van der Waals surface area contributed by atoms with E-state index in [1.807, 2.05) is 12.1 Å². The van der Waals surface area contributed by atoms with E-state index in [-0.39, 0.29) is 11.7 Å². The number of fused-ring (bicyclic) bond motifs is 2. The van der Waals surface area contributed by atoms with E-state index in [0.29, 0.717) is 34.7 Å². The molecule has 3 amide bonds. The third kappa shape index (κ3) is 4.53. The van der Waals surface area contributed by atoms with Gasteiger partial charge in [-0.2, -0.15) is 0 Å². The normalized spacial score (nSPS) is 14.0. The van der Waals surface area contributed by atoms with E-state index in [1.54, 1.807) is 18.2 Å². The Labute approximate surface area is 275 Å². The van der Waals surface area contributed by atoms with Crippen molar-refractivity contribution in [2.45, 2.75) is 17.2 Å². The Morgan fingerprint density at radius 2 is 1.59 bits per heavy atom. The lowest BCUT2D eigenvalue weighted by atomic mass is 10.0. The van der Waals surface area contributed by atoms with Gasteiger partial charge in [0, 0.05) is 29.0 Å². The summed E-state index contributed by atoms with van der Waals surface area (Å²) in [6, 6.07) is 15.7. The van der Waals surface area contributed by atoms with E-state index < -0.39 is 11.8 Å². The number of rotatable bonds is 5. The van der Waals surface area contributed by atoms with Crippen molar-refractivity contribution in [1.82, 2.24) is 4.98 Å². The Kier molecular flexibility index (Phi) is 7.15. The second-order valence-electron chi connectivity index (χ2n) is 9.53. The van der Waals surface area contributed by atoms with Gasteiger partial charge in [-0.3, -0.25) is 14.4 Å². The maximum atomic E-state index is 13.4. The van der Waals surface area contributed by atoms with Crippen LogP contribution < -0.4 is 10.2 Å². The number of carbonyl (C=O) groups excluding carboxylic acids is 3. The molecule has 1 aliphatic heterocycles. The fourth-order valence-electron chi connectivity index (χ4n) is 5.35. The van der Waals surface area contributed by atoms with E-state index in [0.717, 1.165) is 38.5 Å². The Morgan fingerprint density at radius 1 is 0.902 bits per heavy atom. The zero-order chi connectivity index (χ0) is 28.6. The molecule has 204 valence electrons. The van der Waals surface area contributed by atoms with Crippen LogP contribution in [0, 0.1) is 0 Å². The van der Waals surface area contributed by atoms with Crippen LogP contribution >= 0.6 is 86.8 Å². The van der Waals surface area contributed by atoms with Gasteiger partial charge in [0.15, 0.2) is 4.34 Å². The van der Waals surface area contributed by atoms with Crippen molar-refractivity contribution in [2.75, 3.05) is 16.0 Å². The van der Waals surface area contributed by atoms with Crippen LogP contribution in [-0.2, 0) is 17.6 Å². The Hall–Kier alpha value is -2.09. The molecule has 4 aromatic carbocycles. The number of anilines is 2. The van der Waals surface area contributed by atoms with E-state index >= 15 is 0 Å². The molecule has 5 aromatic rings. The smallest absolute Gasteiger partial charge is 0.267 e. The summed E-state index contributed by atoms with van der Waals surface area (Å²) >= 11 is 16.6. The zero-order valence-corrected chi connectivity index (χ0v) is 28.7. The average Bonchev–Trinajstić information content (AvgIpc) is 3.65. The number of hydrogen-bond donors (Lipinski definition) is 1. The minimum Gasteiger partial charge on any atom is -0.325 e. The van der Waals surface area contributed by atoms with E-state index in [4.69, 9.17) is 0 Å². The number of aromatic nitrogens is 1. The third-order valence-electron chi connectivity index (χ3n) is 7.19. The minimum atomic E-state index is -0.413. The van der Waals surface area contributed by atoms with Gasteiger partial charge in [-0.05, 0) is 117 Å². The molecule has 0 saturated heterocycles. The number of thioether (sulfide) groups is 1. The van der Waals surface area contributed by atoms with Crippen molar-refractivity contribution in [3.63, 3.8) is 0 Å². The summed E-state index contributed by atoms with van der Waals surface area (Å²) in [6.07, 6.45) is 2.08. The standard InChI is InChI=1S/C29H15Br4N3O3S2/c30-23-21-22(24(31)26(33)25(23)32)28(39)36(27(21)38)14-7-9-17-18(10-14)41-29(35-17)40-11-19(37)34-16-8-6-13-5-4-12-2-1-3-15(16)20(12)13/h1-3,6-10H,4-5,11H2,(H,34,37). The maximum absolute atomic E-state index is 13.4. The van der Waals surface area contributed by atoms with Crippen molar-refractivity contribution < 1.29 is 14.4 Å². The SMILES string of the molecule is O=C(CSc1nc2ccc(N3C(=O)c4c(Br)c(Br)c(Br)c(Br)c4C3=O)cc2s1)Nc1ccc2c3c(cccc13)CC2. The van der Waals surface area contributed by atoms with Gasteiger partial charge in [0.1, 0.15) is 0 Å². The number of amides is 3. The Morgan fingerprint density at radius 3 is 2.29 bits per heavy atom. The molecule has 1 aliphatic carbocycles. The number of hydrogen-bond acceptors (Lipinski definition) is 6. The number of aryl methyl sites for hydroxylation is 2. The molecule has 6 nitrogen and oxygen atoms in total. The molecule has 0 radical (unpaired) electrons. The summed E-state index contributed by atoms with van der Waals surface area (Å²) in [7, 11) is 0. The number of imide groups is 1. The molecule has 0 saturated carbocycles. The maximum Gasteiger partial charge on any atom is 0.267 e. The highest BCUT2D eigenvalue weighted by Crippen LogP contribution is 2.46. The van der Waals surface area contributed by atoms with Crippen molar-refractivity contribution in [3.05, 3.63) is 88.7 Å². The predicted molar refractivity (Wildman–Crippen MR) is 179 cm³/mol. The number of carbonyl (C=O) groups is 3. The molecule has 0 bridgehead atoms. The van der Waals surface area contributed by atoms with Gasteiger partial charge in [0.05, 0.1) is 32.8 Å². The largest absolute Gasteiger partial charge is 0.325 e. The molecular formula is C29H15Br4N3O3S2. The topological polar surface area (TPSA) is 79.4 Å². The molecule has 0 spiro atoms. The summed E-state index contributed by atoms with van der Waals surface area (Å²) < 4.78 is 3.85. The molecule has 41 heavy (non-hydrogen) atoms. The van der Waals surface area contributed by atoms with Crippen LogP contribution in [0.2, 0.25) is 0 Å². The fraction of sp³-hybridized carbons (Fsp3) is 0.103. The fourth-order valence-corrected chi connectivity index (χ4v) is 9.70. The summed E-state index contributed by atoms with van der Waals surface area (Å²) in [5, 5.41) is 5.41. The van der Waals surface area contributed by atoms with E-state index in [2.05, 4.69) is 92.2 Å². The van der Waals surface area contributed by atoms with Gasteiger partial charge in [-0.15, -0.1) is 11.3 Å². The van der Waals surface area contributed by atoms with Gasteiger partial charge in [-0.25, -0.2) is 9.88 Å². The molecule has 0 fully saturated rings. The monoisotopic (exact) mass is 833 g/mol. The number of benzene rings is 4. The summed E-state index contributed by atoms with van der Waals surface area (Å²) in [4.78, 5) is 45.5. The molecule has 12 heteroatoms. The number of halogens is 4. The van der Waals surface area contributed by atoms with Gasteiger partial charge >= 0.3 is 0 Å². The van der Waals surface area contributed by atoms with Crippen molar-refractivity contribution in [3.8, 4) is 0 Å². The summed E-state index contributed by atoms with van der Waals surface area (Å²) in [6.45, 7) is 0. The van der Waals surface area contributed by atoms with Crippen LogP contribution in [0.3, 0.4) is 0 Å².